The molecule has 0 saturated heterocycles. The van der Waals surface area contributed by atoms with E-state index in [1.165, 1.54) is 0 Å². The minimum Gasteiger partial charge on any atom is -0.464 e. The summed E-state index contributed by atoms with van der Waals surface area (Å²) in [7, 11) is 0. The second-order valence-corrected chi connectivity index (χ2v) is 7.28. The summed E-state index contributed by atoms with van der Waals surface area (Å²) < 4.78 is 16.6. The summed E-state index contributed by atoms with van der Waals surface area (Å²) >= 11 is 0. The fraction of sp³-hybridized carbons (Fsp3) is 0.167. The molecule has 2 aromatic carbocycles. The van der Waals surface area contributed by atoms with Crippen LogP contribution in [0, 0.1) is 0 Å². The highest BCUT2D eigenvalue weighted by Gasteiger charge is 2.17. The topological polar surface area (TPSA) is 64.8 Å². The summed E-state index contributed by atoms with van der Waals surface area (Å²) in [5.74, 6) is 1.51. The fourth-order valence-electron chi connectivity index (χ4n) is 3.68. The van der Waals surface area contributed by atoms with Gasteiger partial charge in [-0.05, 0) is 41.5 Å². The Morgan fingerprint density at radius 2 is 1.77 bits per heavy atom. The van der Waals surface area contributed by atoms with Crippen molar-refractivity contribution in [2.45, 2.75) is 19.6 Å². The highest BCUT2D eigenvalue weighted by Crippen LogP contribution is 2.33. The Morgan fingerprint density at radius 1 is 0.900 bits per heavy atom. The predicted molar refractivity (Wildman–Crippen MR) is 112 cm³/mol. The van der Waals surface area contributed by atoms with Crippen LogP contribution >= 0.6 is 0 Å². The van der Waals surface area contributed by atoms with Crippen molar-refractivity contribution < 1.29 is 13.9 Å². The lowest BCUT2D eigenvalue weighted by Crippen LogP contribution is -2.25. The summed E-state index contributed by atoms with van der Waals surface area (Å²) in [5.41, 5.74) is 3.37. The summed E-state index contributed by atoms with van der Waals surface area (Å²) in [6.07, 6.45) is 5.17. The van der Waals surface area contributed by atoms with Crippen LogP contribution in [-0.4, -0.2) is 16.7 Å². The van der Waals surface area contributed by atoms with Gasteiger partial charge in [-0.3, -0.25) is 14.7 Å². The standard InChI is InChI=1S/C24H20N2O4/c27-24-19(15-28-21-6-2-1-5-20(21)24)14-26(13-18-4-3-9-25-11-18)12-17-7-8-22-23(10-17)30-16-29-22/h1-11,15H,12-14,16H2. The van der Waals surface area contributed by atoms with E-state index in [9.17, 15) is 4.79 Å². The van der Waals surface area contributed by atoms with Crippen molar-refractivity contribution in [3.8, 4) is 11.5 Å². The van der Waals surface area contributed by atoms with Gasteiger partial charge in [0, 0.05) is 37.6 Å². The zero-order chi connectivity index (χ0) is 20.3. The van der Waals surface area contributed by atoms with Gasteiger partial charge >= 0.3 is 0 Å². The number of benzene rings is 2. The van der Waals surface area contributed by atoms with E-state index in [1.54, 1.807) is 24.6 Å². The maximum Gasteiger partial charge on any atom is 0.231 e. The molecule has 0 unspecified atom stereocenters. The molecule has 6 nitrogen and oxygen atoms in total. The molecule has 1 aliphatic rings. The molecule has 0 bridgehead atoms. The molecule has 3 heterocycles. The van der Waals surface area contributed by atoms with Gasteiger partial charge in [0.25, 0.3) is 0 Å². The Bertz CT molecular complexity index is 1240. The number of pyridine rings is 1. The summed E-state index contributed by atoms with van der Waals surface area (Å²) in [5, 5.41) is 0.597. The molecule has 0 N–H and O–H groups in total. The van der Waals surface area contributed by atoms with Gasteiger partial charge in [0.2, 0.25) is 6.79 Å². The Labute approximate surface area is 173 Å². The third kappa shape index (κ3) is 3.77. The van der Waals surface area contributed by atoms with E-state index in [0.717, 1.165) is 22.6 Å². The number of aromatic nitrogens is 1. The first-order chi connectivity index (χ1) is 14.8. The quantitative estimate of drug-likeness (QED) is 0.485. The van der Waals surface area contributed by atoms with Gasteiger partial charge in [-0.25, -0.2) is 0 Å². The van der Waals surface area contributed by atoms with Crippen LogP contribution < -0.4 is 14.9 Å². The molecule has 0 spiro atoms. The smallest absolute Gasteiger partial charge is 0.231 e. The van der Waals surface area contributed by atoms with E-state index >= 15 is 0 Å². The van der Waals surface area contributed by atoms with Gasteiger partial charge in [-0.1, -0.05) is 24.3 Å². The number of fused-ring (bicyclic) bond motifs is 2. The molecule has 0 amide bonds. The van der Waals surface area contributed by atoms with Gasteiger partial charge < -0.3 is 13.9 Å². The van der Waals surface area contributed by atoms with Crippen molar-refractivity contribution in [3.63, 3.8) is 0 Å². The minimum absolute atomic E-state index is 0.00118. The van der Waals surface area contributed by atoms with Crippen LogP contribution in [0.5, 0.6) is 11.5 Å². The maximum absolute atomic E-state index is 13.0. The van der Waals surface area contributed by atoms with Crippen LogP contribution in [0.4, 0.5) is 0 Å². The first kappa shape index (κ1) is 18.4. The van der Waals surface area contributed by atoms with Crippen molar-refractivity contribution in [2.75, 3.05) is 6.79 Å². The molecule has 6 heteroatoms. The lowest BCUT2D eigenvalue weighted by Gasteiger charge is -2.22. The Morgan fingerprint density at radius 3 is 2.67 bits per heavy atom. The largest absolute Gasteiger partial charge is 0.464 e. The van der Waals surface area contributed by atoms with Gasteiger partial charge in [0.05, 0.1) is 11.6 Å². The Balaban J connectivity index is 1.45. The first-order valence-electron chi connectivity index (χ1n) is 9.75. The monoisotopic (exact) mass is 400 g/mol. The third-order valence-corrected chi connectivity index (χ3v) is 5.12. The van der Waals surface area contributed by atoms with Crippen LogP contribution in [0.25, 0.3) is 11.0 Å². The molecular weight excluding hydrogens is 380 g/mol. The lowest BCUT2D eigenvalue weighted by molar-refractivity contribution is 0.174. The summed E-state index contributed by atoms with van der Waals surface area (Å²) in [6.45, 7) is 1.99. The van der Waals surface area contributed by atoms with Gasteiger partial charge in [0.15, 0.2) is 16.9 Å². The van der Waals surface area contributed by atoms with Crippen LogP contribution in [0.1, 0.15) is 16.7 Å². The van der Waals surface area contributed by atoms with Crippen molar-refractivity contribution in [3.05, 3.63) is 100 Å². The molecule has 0 fully saturated rings. The molecule has 150 valence electrons. The molecule has 2 aromatic heterocycles. The number of rotatable bonds is 6. The lowest BCUT2D eigenvalue weighted by atomic mass is 10.1. The van der Waals surface area contributed by atoms with E-state index in [1.807, 2.05) is 48.7 Å². The van der Waals surface area contributed by atoms with Crippen molar-refractivity contribution in [1.82, 2.24) is 9.88 Å². The fourth-order valence-corrected chi connectivity index (χ4v) is 3.68. The number of hydrogen-bond acceptors (Lipinski definition) is 6. The van der Waals surface area contributed by atoms with Gasteiger partial charge in [-0.2, -0.15) is 0 Å². The molecule has 0 radical (unpaired) electrons. The highest BCUT2D eigenvalue weighted by molar-refractivity contribution is 5.76. The SMILES string of the molecule is O=c1c(CN(Cc2cccnc2)Cc2ccc3c(c2)OCO3)coc2ccccc12. The first-order valence-corrected chi connectivity index (χ1v) is 9.75. The van der Waals surface area contributed by atoms with Crippen LogP contribution in [0.3, 0.4) is 0 Å². The van der Waals surface area contributed by atoms with E-state index in [0.29, 0.717) is 36.2 Å². The zero-order valence-corrected chi connectivity index (χ0v) is 16.3. The third-order valence-electron chi connectivity index (χ3n) is 5.12. The molecule has 0 aliphatic carbocycles. The Hall–Kier alpha value is -3.64. The van der Waals surface area contributed by atoms with Gasteiger partial charge in [-0.15, -0.1) is 0 Å². The van der Waals surface area contributed by atoms with E-state index in [4.69, 9.17) is 13.9 Å². The Kier molecular flexibility index (Phi) is 4.91. The number of hydrogen-bond donors (Lipinski definition) is 0. The molecule has 4 aromatic rings. The maximum atomic E-state index is 13.0. The zero-order valence-electron chi connectivity index (χ0n) is 16.3. The molecule has 30 heavy (non-hydrogen) atoms. The van der Waals surface area contributed by atoms with Crippen molar-refractivity contribution >= 4 is 11.0 Å². The average Bonchev–Trinajstić information content (AvgIpc) is 3.24. The molecule has 0 atom stereocenters. The second kappa shape index (κ2) is 8.00. The summed E-state index contributed by atoms with van der Waals surface area (Å²) in [6, 6.07) is 17.2. The van der Waals surface area contributed by atoms with E-state index in [2.05, 4.69) is 9.88 Å². The number of para-hydroxylation sites is 1. The molecule has 1 aliphatic heterocycles. The minimum atomic E-state index is -0.00118. The number of ether oxygens (including phenoxy) is 2. The van der Waals surface area contributed by atoms with Crippen LogP contribution in [0.15, 0.2) is 82.5 Å². The van der Waals surface area contributed by atoms with Crippen LogP contribution in [0.2, 0.25) is 0 Å². The molecular formula is C24H20N2O4. The second-order valence-electron chi connectivity index (χ2n) is 7.28. The predicted octanol–water partition coefficient (Wildman–Crippen LogP) is 4.12. The van der Waals surface area contributed by atoms with E-state index < -0.39 is 0 Å². The van der Waals surface area contributed by atoms with Gasteiger partial charge in [0.1, 0.15) is 5.58 Å². The van der Waals surface area contributed by atoms with Crippen molar-refractivity contribution in [1.29, 1.82) is 0 Å². The molecule has 0 saturated carbocycles. The average molecular weight is 400 g/mol. The van der Waals surface area contributed by atoms with E-state index in [-0.39, 0.29) is 12.2 Å². The highest BCUT2D eigenvalue weighted by atomic mass is 16.7. The molecule has 5 rings (SSSR count). The summed E-state index contributed by atoms with van der Waals surface area (Å²) in [4.78, 5) is 19.4. The van der Waals surface area contributed by atoms with Crippen LogP contribution in [-0.2, 0) is 19.6 Å². The number of nitrogens with zero attached hydrogens (tertiary/aromatic N) is 2. The van der Waals surface area contributed by atoms with Crippen molar-refractivity contribution in [2.24, 2.45) is 0 Å². The normalized spacial score (nSPS) is 12.6.